The third-order valence-electron chi connectivity index (χ3n) is 1.26. The van der Waals surface area contributed by atoms with Crippen molar-refractivity contribution in [2.75, 3.05) is 0 Å². The van der Waals surface area contributed by atoms with Crippen molar-refractivity contribution in [1.82, 2.24) is 0 Å². The second-order valence-electron chi connectivity index (χ2n) is 2.64. The van der Waals surface area contributed by atoms with Crippen molar-refractivity contribution >= 4 is 39.9 Å². The molecule has 0 aliphatic heterocycles. The van der Waals surface area contributed by atoms with Crippen molar-refractivity contribution in [3.8, 4) is 0 Å². The minimum atomic E-state index is -1.08. The molecule has 0 atom stereocenters. The molecule has 0 radical (unpaired) electrons. The third kappa shape index (κ3) is 24.5. The Balaban J connectivity index is 0. The Morgan fingerprint density at radius 3 is 1.62 bits per heavy atom. The van der Waals surface area contributed by atoms with Crippen LogP contribution in [0.15, 0.2) is 0 Å². The molecule has 0 amide bonds. The van der Waals surface area contributed by atoms with Crippen molar-refractivity contribution < 1.29 is 19.8 Å². The van der Waals surface area contributed by atoms with Crippen LogP contribution < -0.4 is 0 Å². The number of carboxylic acids is 2. The molecule has 0 aliphatic carbocycles. The summed E-state index contributed by atoms with van der Waals surface area (Å²) in [4.78, 5) is 19.3. The summed E-state index contributed by atoms with van der Waals surface area (Å²) in [5.41, 5.74) is 0. The number of hydrogen-bond donors (Lipinski definition) is 2. The SMILES string of the molecule is CCC[CH2][Na].O=C(O)CCC(=O)O. The number of rotatable bonds is 5. The van der Waals surface area contributed by atoms with Gasteiger partial charge in [0.05, 0.1) is 12.8 Å². The van der Waals surface area contributed by atoms with Gasteiger partial charge in [0.25, 0.3) is 0 Å². The maximum absolute atomic E-state index is 9.64. The zero-order chi connectivity index (χ0) is 10.7. The van der Waals surface area contributed by atoms with E-state index in [1.807, 2.05) is 0 Å². The van der Waals surface area contributed by atoms with Crippen molar-refractivity contribution in [2.45, 2.75) is 36.3 Å². The van der Waals surface area contributed by atoms with Crippen LogP contribution in [0.1, 0.15) is 32.6 Å². The first kappa shape index (κ1) is 15.4. The summed E-state index contributed by atoms with van der Waals surface area (Å²) < 4.78 is 1.48. The Morgan fingerprint density at radius 1 is 1.15 bits per heavy atom. The summed E-state index contributed by atoms with van der Waals surface area (Å²) in [5, 5.41) is 15.8. The average Bonchev–Trinajstić information content (AvgIpc) is 2.03. The summed E-state index contributed by atoms with van der Waals surface area (Å²) >= 11 is 1.40. The smallest absolute Gasteiger partial charge is 0.303 e. The van der Waals surface area contributed by atoms with E-state index in [2.05, 4.69) is 6.92 Å². The van der Waals surface area contributed by atoms with Crippen LogP contribution in [-0.4, -0.2) is 50.1 Å². The van der Waals surface area contributed by atoms with Gasteiger partial charge < -0.3 is 10.2 Å². The molecule has 0 heterocycles. The molecular weight excluding hydrogens is 183 g/mol. The largest absolute Gasteiger partial charge is 0.481 e. The summed E-state index contributed by atoms with van der Waals surface area (Å²) in [6, 6.07) is 0. The molecule has 0 aromatic rings. The number of carbonyl (C=O) groups is 2. The summed E-state index contributed by atoms with van der Waals surface area (Å²) in [7, 11) is 0. The molecule has 0 aliphatic rings. The van der Waals surface area contributed by atoms with E-state index in [9.17, 15) is 9.59 Å². The van der Waals surface area contributed by atoms with Crippen LogP contribution in [0.25, 0.3) is 0 Å². The second kappa shape index (κ2) is 11.9. The monoisotopic (exact) mass is 198 g/mol. The molecule has 4 nitrogen and oxygen atoms in total. The van der Waals surface area contributed by atoms with Gasteiger partial charge in [-0.05, 0) is 0 Å². The van der Waals surface area contributed by atoms with Gasteiger partial charge in [0, 0.05) is 0 Å². The van der Waals surface area contributed by atoms with E-state index in [0.717, 1.165) is 0 Å². The molecular formula is C8H15NaO4. The Hall–Kier alpha value is -0.0600. The van der Waals surface area contributed by atoms with Gasteiger partial charge in [0.15, 0.2) is 0 Å². The quantitative estimate of drug-likeness (QED) is 0.653. The van der Waals surface area contributed by atoms with Gasteiger partial charge in [0.1, 0.15) is 0 Å². The normalized spacial score (nSPS) is 8.54. The molecule has 0 rings (SSSR count). The molecule has 0 aromatic heterocycles. The van der Waals surface area contributed by atoms with E-state index in [1.165, 1.54) is 44.4 Å². The molecule has 0 bridgehead atoms. The predicted molar refractivity (Wildman–Crippen MR) is 50.0 cm³/mol. The first-order chi connectivity index (χ1) is 6.04. The summed E-state index contributed by atoms with van der Waals surface area (Å²) in [6.45, 7) is 2.23. The van der Waals surface area contributed by atoms with Crippen LogP contribution in [0.2, 0.25) is 3.67 Å². The third-order valence-corrected chi connectivity index (χ3v) is 1.97. The van der Waals surface area contributed by atoms with E-state index >= 15 is 0 Å². The van der Waals surface area contributed by atoms with E-state index in [4.69, 9.17) is 10.2 Å². The van der Waals surface area contributed by atoms with Gasteiger partial charge in [-0.25, -0.2) is 0 Å². The van der Waals surface area contributed by atoms with E-state index in [1.54, 1.807) is 0 Å². The molecule has 0 aromatic carbocycles. The topological polar surface area (TPSA) is 74.6 Å². The van der Waals surface area contributed by atoms with Gasteiger partial charge in [-0.3, -0.25) is 9.59 Å². The van der Waals surface area contributed by atoms with Crippen LogP contribution in [0.3, 0.4) is 0 Å². The maximum Gasteiger partial charge on any atom is 0.303 e. The zero-order valence-corrected chi connectivity index (χ0v) is 10.2. The maximum atomic E-state index is 9.64. The van der Waals surface area contributed by atoms with Crippen LogP contribution in [-0.2, 0) is 9.59 Å². The summed E-state index contributed by atoms with van der Waals surface area (Å²) in [5.74, 6) is -2.15. The minimum Gasteiger partial charge on any atom is -0.481 e. The van der Waals surface area contributed by atoms with Crippen molar-refractivity contribution in [3.63, 3.8) is 0 Å². The Morgan fingerprint density at radius 2 is 1.54 bits per heavy atom. The van der Waals surface area contributed by atoms with Crippen molar-refractivity contribution in [3.05, 3.63) is 0 Å². The van der Waals surface area contributed by atoms with Gasteiger partial charge in [-0.2, -0.15) is 0 Å². The minimum absolute atomic E-state index is 0.296. The van der Waals surface area contributed by atoms with Crippen LogP contribution >= 0.6 is 0 Å². The Bertz CT molecular complexity index is 131. The Kier molecular flexibility index (Phi) is 14.2. The fourth-order valence-electron chi connectivity index (χ4n) is 0.567. The fraction of sp³-hybridized carbons (Fsp3) is 0.750. The van der Waals surface area contributed by atoms with Crippen LogP contribution in [0, 0.1) is 0 Å². The van der Waals surface area contributed by atoms with E-state index in [0.29, 0.717) is 0 Å². The van der Waals surface area contributed by atoms with Crippen molar-refractivity contribution in [1.29, 1.82) is 0 Å². The molecule has 2 N–H and O–H groups in total. The van der Waals surface area contributed by atoms with Crippen LogP contribution in [0.5, 0.6) is 0 Å². The summed E-state index contributed by atoms with van der Waals surface area (Å²) in [6.07, 6.45) is 2.24. The van der Waals surface area contributed by atoms with Gasteiger partial charge in [0.2, 0.25) is 0 Å². The number of carboxylic acid groups (broad SMARTS) is 2. The van der Waals surface area contributed by atoms with Gasteiger partial charge >= 0.3 is 63.3 Å². The van der Waals surface area contributed by atoms with Gasteiger partial charge in [-0.1, -0.05) is 0 Å². The van der Waals surface area contributed by atoms with Crippen LogP contribution in [0.4, 0.5) is 0 Å². The molecule has 0 saturated carbocycles. The van der Waals surface area contributed by atoms with Crippen molar-refractivity contribution in [2.24, 2.45) is 0 Å². The van der Waals surface area contributed by atoms with Gasteiger partial charge in [-0.15, -0.1) is 0 Å². The molecule has 72 valence electrons. The first-order valence-corrected chi connectivity index (χ1v) is 5.89. The Labute approximate surface area is 95.7 Å². The molecule has 0 unspecified atom stereocenters. The fourth-order valence-corrected chi connectivity index (χ4v) is 1.27. The van der Waals surface area contributed by atoms with E-state index < -0.39 is 11.9 Å². The van der Waals surface area contributed by atoms with E-state index in [-0.39, 0.29) is 12.8 Å². The standard InChI is InChI=1S/C4H6O4.C4H9.Na/c5-3(6)1-2-4(7)8;1-3-4-2;/h1-2H2,(H,5,6)(H,7,8);1,3-4H2,2H3;. The zero-order valence-electron chi connectivity index (χ0n) is 8.25. The first-order valence-electron chi connectivity index (χ1n) is 4.48. The number of unbranched alkanes of at least 4 members (excludes halogenated alkanes) is 1. The molecule has 0 saturated heterocycles. The number of aliphatic carboxylic acids is 2. The predicted octanol–water partition coefficient (Wildman–Crippen LogP) is 1.31. The number of hydrogen-bond acceptors (Lipinski definition) is 2. The second-order valence-corrected chi connectivity index (χ2v) is 3.64. The molecule has 5 heteroatoms. The molecule has 0 spiro atoms. The average molecular weight is 198 g/mol. The molecule has 13 heavy (non-hydrogen) atoms. The molecule has 0 fully saturated rings.